The van der Waals surface area contributed by atoms with E-state index in [0.29, 0.717) is 24.3 Å². The number of aromatic nitrogens is 4. The minimum atomic E-state index is -0.270. The number of H-pyrrole nitrogens is 1. The molecule has 17 heavy (non-hydrogen) atoms. The molecule has 2 aromatic heterocycles. The summed E-state index contributed by atoms with van der Waals surface area (Å²) in [4.78, 5) is 32.8. The van der Waals surface area contributed by atoms with Crippen molar-refractivity contribution in [1.82, 2.24) is 30.2 Å². The first kappa shape index (κ1) is 11.1. The van der Waals surface area contributed by atoms with Crippen molar-refractivity contribution >= 4 is 17.2 Å². The molecule has 0 aromatic carbocycles. The summed E-state index contributed by atoms with van der Waals surface area (Å²) in [7, 11) is 1.54. The molecule has 0 aliphatic carbocycles. The molecule has 90 valence electrons. The Bertz CT molecular complexity index is 586. The molecule has 0 saturated heterocycles. The highest BCUT2D eigenvalue weighted by molar-refractivity contribution is 5.73. The number of fused-ring (bicyclic) bond motifs is 1. The molecule has 0 aliphatic rings. The lowest BCUT2D eigenvalue weighted by Crippen LogP contribution is -2.34. The monoisotopic (exact) mass is 236 g/mol. The van der Waals surface area contributed by atoms with Gasteiger partial charge in [-0.15, -0.1) is 0 Å². The maximum atomic E-state index is 11.4. The standard InChI is InChI=1S/C9H12N6O2/c1-10-9(17)11-2-3-15-5-14-6-7(15)12-4-13-8(6)16/h4-5H,2-3H2,1H3,(H2,10,11,17)(H,12,13,16). The Morgan fingerprint density at radius 1 is 1.53 bits per heavy atom. The van der Waals surface area contributed by atoms with Gasteiger partial charge in [0.25, 0.3) is 5.56 Å². The van der Waals surface area contributed by atoms with Crippen molar-refractivity contribution in [2.24, 2.45) is 0 Å². The molecular formula is C9H12N6O2. The molecule has 2 heterocycles. The molecule has 0 bridgehead atoms. The predicted octanol–water partition coefficient (Wildman–Crippen LogP) is -0.951. The second-order valence-corrected chi connectivity index (χ2v) is 3.35. The normalized spacial score (nSPS) is 10.4. The van der Waals surface area contributed by atoms with Crippen LogP contribution in [0.3, 0.4) is 0 Å². The van der Waals surface area contributed by atoms with E-state index in [1.807, 2.05) is 0 Å². The first-order chi connectivity index (χ1) is 8.22. The summed E-state index contributed by atoms with van der Waals surface area (Å²) in [5.41, 5.74) is 0.535. The number of hydrogen-bond acceptors (Lipinski definition) is 4. The van der Waals surface area contributed by atoms with E-state index in [1.165, 1.54) is 12.7 Å². The van der Waals surface area contributed by atoms with Gasteiger partial charge in [-0.2, -0.15) is 0 Å². The summed E-state index contributed by atoms with van der Waals surface area (Å²) in [6, 6.07) is -0.250. The van der Waals surface area contributed by atoms with Crippen molar-refractivity contribution in [2.45, 2.75) is 6.54 Å². The highest BCUT2D eigenvalue weighted by atomic mass is 16.2. The molecule has 0 atom stereocenters. The van der Waals surface area contributed by atoms with Crippen LogP contribution < -0.4 is 16.2 Å². The number of aromatic amines is 1. The zero-order chi connectivity index (χ0) is 12.3. The second kappa shape index (κ2) is 4.64. The Balaban J connectivity index is 2.12. The summed E-state index contributed by atoms with van der Waals surface area (Å²) >= 11 is 0. The van der Waals surface area contributed by atoms with Gasteiger partial charge in [-0.25, -0.2) is 14.8 Å². The average Bonchev–Trinajstić information content (AvgIpc) is 2.74. The van der Waals surface area contributed by atoms with Gasteiger partial charge in [0.2, 0.25) is 0 Å². The lowest BCUT2D eigenvalue weighted by Gasteiger charge is -2.05. The minimum Gasteiger partial charge on any atom is -0.341 e. The Hall–Kier alpha value is -2.38. The van der Waals surface area contributed by atoms with Gasteiger partial charge in [0.05, 0.1) is 12.7 Å². The number of carbonyl (C=O) groups is 1. The Morgan fingerprint density at radius 3 is 3.12 bits per heavy atom. The lowest BCUT2D eigenvalue weighted by molar-refractivity contribution is 0.242. The molecule has 3 N–H and O–H groups in total. The van der Waals surface area contributed by atoms with Gasteiger partial charge in [0, 0.05) is 20.1 Å². The van der Waals surface area contributed by atoms with E-state index >= 15 is 0 Å². The van der Waals surface area contributed by atoms with Crippen LogP contribution in [0, 0.1) is 0 Å². The molecular weight excluding hydrogens is 224 g/mol. The van der Waals surface area contributed by atoms with Gasteiger partial charge in [-0.3, -0.25) is 4.79 Å². The quantitative estimate of drug-likeness (QED) is 0.638. The van der Waals surface area contributed by atoms with Crippen LogP contribution in [0.25, 0.3) is 11.2 Å². The SMILES string of the molecule is CNC(=O)NCCn1cnc2c(=O)[nH]cnc21. The van der Waals surface area contributed by atoms with Crippen LogP contribution in [0.4, 0.5) is 4.79 Å². The Labute approximate surface area is 96.1 Å². The summed E-state index contributed by atoms with van der Waals surface area (Å²) in [5, 5.41) is 5.08. The summed E-state index contributed by atoms with van der Waals surface area (Å²) in [5.74, 6) is 0. The van der Waals surface area contributed by atoms with E-state index in [0.717, 1.165) is 0 Å². The van der Waals surface area contributed by atoms with E-state index < -0.39 is 0 Å². The van der Waals surface area contributed by atoms with Gasteiger partial charge in [0.1, 0.15) is 0 Å². The topological polar surface area (TPSA) is 105 Å². The van der Waals surface area contributed by atoms with Crippen molar-refractivity contribution in [3.05, 3.63) is 23.0 Å². The first-order valence-electron chi connectivity index (χ1n) is 5.06. The molecule has 2 aromatic rings. The molecule has 0 unspecified atom stereocenters. The fourth-order valence-electron chi connectivity index (χ4n) is 1.43. The lowest BCUT2D eigenvalue weighted by atomic mass is 10.5. The Morgan fingerprint density at radius 2 is 2.35 bits per heavy atom. The molecule has 8 nitrogen and oxygen atoms in total. The fraction of sp³-hybridized carbons (Fsp3) is 0.333. The third-order valence-electron chi connectivity index (χ3n) is 2.27. The van der Waals surface area contributed by atoms with Gasteiger partial charge >= 0.3 is 6.03 Å². The summed E-state index contributed by atoms with van der Waals surface area (Å²) in [6.07, 6.45) is 2.85. The predicted molar refractivity (Wildman–Crippen MR) is 60.6 cm³/mol. The van der Waals surface area contributed by atoms with Crippen LogP contribution >= 0.6 is 0 Å². The van der Waals surface area contributed by atoms with Crippen LogP contribution in [0.5, 0.6) is 0 Å². The van der Waals surface area contributed by atoms with Crippen molar-refractivity contribution in [1.29, 1.82) is 0 Å². The van der Waals surface area contributed by atoms with Crippen molar-refractivity contribution in [3.63, 3.8) is 0 Å². The number of imidazole rings is 1. The molecule has 8 heteroatoms. The number of rotatable bonds is 3. The van der Waals surface area contributed by atoms with Crippen LogP contribution in [-0.2, 0) is 6.54 Å². The Kier molecular flexibility index (Phi) is 3.03. The minimum absolute atomic E-state index is 0.250. The van der Waals surface area contributed by atoms with E-state index in [1.54, 1.807) is 11.6 Å². The van der Waals surface area contributed by atoms with Crippen molar-refractivity contribution in [2.75, 3.05) is 13.6 Å². The number of hydrogen-bond donors (Lipinski definition) is 3. The summed E-state index contributed by atoms with van der Waals surface area (Å²) in [6.45, 7) is 0.931. The van der Waals surface area contributed by atoms with Crippen LogP contribution in [-0.4, -0.2) is 39.1 Å². The zero-order valence-electron chi connectivity index (χ0n) is 9.23. The second-order valence-electron chi connectivity index (χ2n) is 3.35. The smallest absolute Gasteiger partial charge is 0.314 e. The third-order valence-corrected chi connectivity index (χ3v) is 2.27. The maximum Gasteiger partial charge on any atom is 0.314 e. The number of amides is 2. The number of nitrogens with one attached hydrogen (secondary N) is 3. The fourth-order valence-corrected chi connectivity index (χ4v) is 1.43. The molecule has 0 spiro atoms. The van der Waals surface area contributed by atoms with Crippen molar-refractivity contribution in [3.8, 4) is 0 Å². The van der Waals surface area contributed by atoms with E-state index in [2.05, 4.69) is 25.6 Å². The van der Waals surface area contributed by atoms with Crippen LogP contribution in [0.1, 0.15) is 0 Å². The molecule has 2 rings (SSSR count). The van der Waals surface area contributed by atoms with Crippen molar-refractivity contribution < 1.29 is 4.79 Å². The molecule has 2 amide bonds. The number of nitrogens with zero attached hydrogens (tertiary/aromatic N) is 3. The highest BCUT2D eigenvalue weighted by Gasteiger charge is 2.06. The van der Waals surface area contributed by atoms with E-state index in [9.17, 15) is 9.59 Å². The van der Waals surface area contributed by atoms with Gasteiger partial charge in [-0.1, -0.05) is 0 Å². The highest BCUT2D eigenvalue weighted by Crippen LogP contribution is 2.02. The van der Waals surface area contributed by atoms with E-state index in [-0.39, 0.29) is 11.6 Å². The first-order valence-corrected chi connectivity index (χ1v) is 5.06. The molecule has 0 fully saturated rings. The van der Waals surface area contributed by atoms with Gasteiger partial charge in [-0.05, 0) is 0 Å². The molecule has 0 aliphatic heterocycles. The van der Waals surface area contributed by atoms with E-state index in [4.69, 9.17) is 0 Å². The number of urea groups is 1. The van der Waals surface area contributed by atoms with Crippen LogP contribution in [0.15, 0.2) is 17.4 Å². The zero-order valence-corrected chi connectivity index (χ0v) is 9.23. The maximum absolute atomic E-state index is 11.4. The van der Waals surface area contributed by atoms with Gasteiger partial charge < -0.3 is 20.2 Å². The number of carbonyl (C=O) groups excluding carboxylic acids is 1. The summed E-state index contributed by atoms with van der Waals surface area (Å²) < 4.78 is 1.71. The van der Waals surface area contributed by atoms with Crippen LogP contribution in [0.2, 0.25) is 0 Å². The average molecular weight is 236 g/mol. The third kappa shape index (κ3) is 2.25. The largest absolute Gasteiger partial charge is 0.341 e. The molecule has 0 radical (unpaired) electrons. The van der Waals surface area contributed by atoms with Gasteiger partial charge in [0.15, 0.2) is 11.2 Å². The molecule has 0 saturated carbocycles.